The molecule has 0 radical (unpaired) electrons. The third-order valence-electron chi connectivity index (χ3n) is 2.92. The molecular weight excluding hydrogens is 174 g/mol. The number of rotatable bonds is 1. The van der Waals surface area contributed by atoms with E-state index in [1.54, 1.807) is 7.11 Å². The second-order valence-corrected chi connectivity index (χ2v) is 4.30. The summed E-state index contributed by atoms with van der Waals surface area (Å²) in [5.74, 6) is 1.000. The van der Waals surface area contributed by atoms with E-state index in [-0.39, 0.29) is 5.54 Å². The third kappa shape index (κ3) is 1.40. The van der Waals surface area contributed by atoms with E-state index >= 15 is 0 Å². The van der Waals surface area contributed by atoms with E-state index < -0.39 is 0 Å². The van der Waals surface area contributed by atoms with Crippen molar-refractivity contribution in [2.45, 2.75) is 25.8 Å². The van der Waals surface area contributed by atoms with E-state index in [1.807, 2.05) is 6.07 Å². The van der Waals surface area contributed by atoms with E-state index in [2.05, 4.69) is 31.3 Å². The first-order valence-corrected chi connectivity index (χ1v) is 5.06. The topological polar surface area (TPSA) is 21.3 Å². The summed E-state index contributed by atoms with van der Waals surface area (Å²) >= 11 is 0. The van der Waals surface area contributed by atoms with Crippen LogP contribution in [0.15, 0.2) is 18.2 Å². The highest BCUT2D eigenvalue weighted by molar-refractivity contribution is 5.46. The predicted molar refractivity (Wildman–Crippen MR) is 57.7 cm³/mol. The van der Waals surface area contributed by atoms with Gasteiger partial charge in [0.1, 0.15) is 5.75 Å². The summed E-state index contributed by atoms with van der Waals surface area (Å²) < 4.78 is 5.41. The van der Waals surface area contributed by atoms with E-state index in [4.69, 9.17) is 4.74 Å². The average Bonchev–Trinajstić information content (AvgIpc) is 2.16. The maximum Gasteiger partial charge on any atom is 0.124 e. The highest BCUT2D eigenvalue weighted by Gasteiger charge is 2.29. The molecule has 0 saturated carbocycles. The van der Waals surface area contributed by atoms with Crippen LogP contribution in [0.25, 0.3) is 0 Å². The van der Waals surface area contributed by atoms with Gasteiger partial charge in [-0.1, -0.05) is 12.1 Å². The van der Waals surface area contributed by atoms with Crippen LogP contribution in [0.5, 0.6) is 5.75 Å². The lowest BCUT2D eigenvalue weighted by Crippen LogP contribution is -2.42. The number of fused-ring (bicyclic) bond motifs is 1. The Balaban J connectivity index is 2.58. The van der Waals surface area contributed by atoms with Crippen molar-refractivity contribution >= 4 is 0 Å². The molecule has 0 atom stereocenters. The van der Waals surface area contributed by atoms with Crippen molar-refractivity contribution < 1.29 is 4.74 Å². The number of hydrogen-bond donors (Lipinski definition) is 1. The normalized spacial score (nSPS) is 18.8. The molecular formula is C12H17NO. The van der Waals surface area contributed by atoms with Gasteiger partial charge in [0.15, 0.2) is 0 Å². The van der Waals surface area contributed by atoms with Gasteiger partial charge < -0.3 is 10.1 Å². The quantitative estimate of drug-likeness (QED) is 0.733. The fourth-order valence-electron chi connectivity index (χ4n) is 2.26. The molecule has 1 aromatic rings. The first kappa shape index (κ1) is 9.53. The van der Waals surface area contributed by atoms with Crippen molar-refractivity contribution in [3.8, 4) is 5.75 Å². The predicted octanol–water partition coefficient (Wildman–Crippen LogP) is 2.08. The second-order valence-electron chi connectivity index (χ2n) is 4.30. The maximum atomic E-state index is 5.41. The van der Waals surface area contributed by atoms with Crippen LogP contribution in [-0.4, -0.2) is 13.7 Å². The Hall–Kier alpha value is -1.02. The molecule has 2 heteroatoms. The fourth-order valence-corrected chi connectivity index (χ4v) is 2.26. The van der Waals surface area contributed by atoms with Gasteiger partial charge in [-0.2, -0.15) is 0 Å². The van der Waals surface area contributed by atoms with Crippen molar-refractivity contribution in [1.82, 2.24) is 5.32 Å². The maximum absolute atomic E-state index is 5.41. The summed E-state index contributed by atoms with van der Waals surface area (Å²) in [5, 5.41) is 3.51. The molecule has 0 aliphatic carbocycles. The van der Waals surface area contributed by atoms with Gasteiger partial charge in [-0.05, 0) is 38.4 Å². The average molecular weight is 191 g/mol. The Kier molecular flexibility index (Phi) is 2.23. The fraction of sp³-hybridized carbons (Fsp3) is 0.500. The summed E-state index contributed by atoms with van der Waals surface area (Å²) in [6.07, 6.45) is 1.09. The Bertz CT molecular complexity index is 330. The van der Waals surface area contributed by atoms with Gasteiger partial charge in [0, 0.05) is 11.1 Å². The van der Waals surface area contributed by atoms with Crippen molar-refractivity contribution in [2.75, 3.05) is 13.7 Å². The van der Waals surface area contributed by atoms with E-state index in [0.29, 0.717) is 0 Å². The number of ether oxygens (including phenoxy) is 1. The summed E-state index contributed by atoms with van der Waals surface area (Å²) in [6, 6.07) is 6.30. The monoisotopic (exact) mass is 191 g/mol. The molecule has 2 rings (SSSR count). The van der Waals surface area contributed by atoms with Crippen LogP contribution < -0.4 is 10.1 Å². The van der Waals surface area contributed by atoms with E-state index in [1.165, 1.54) is 11.1 Å². The molecule has 1 N–H and O–H groups in total. The van der Waals surface area contributed by atoms with Gasteiger partial charge in [0.25, 0.3) is 0 Å². The van der Waals surface area contributed by atoms with Gasteiger partial charge in [-0.25, -0.2) is 0 Å². The molecule has 0 aromatic heterocycles. The molecule has 76 valence electrons. The molecule has 2 nitrogen and oxygen atoms in total. The lowest BCUT2D eigenvalue weighted by molar-refractivity contribution is 0.344. The summed E-state index contributed by atoms with van der Waals surface area (Å²) in [5.41, 5.74) is 2.75. The van der Waals surface area contributed by atoms with Crippen molar-refractivity contribution in [1.29, 1.82) is 0 Å². The second kappa shape index (κ2) is 3.28. The Morgan fingerprint density at radius 3 is 2.86 bits per heavy atom. The van der Waals surface area contributed by atoms with E-state index in [9.17, 15) is 0 Å². The highest BCUT2D eigenvalue weighted by Crippen LogP contribution is 2.35. The molecule has 0 fully saturated rings. The summed E-state index contributed by atoms with van der Waals surface area (Å²) in [6.45, 7) is 5.45. The summed E-state index contributed by atoms with van der Waals surface area (Å²) in [4.78, 5) is 0. The van der Waals surface area contributed by atoms with Gasteiger partial charge in [0.2, 0.25) is 0 Å². The molecule has 1 heterocycles. The first-order chi connectivity index (χ1) is 6.65. The number of methoxy groups -OCH3 is 1. The van der Waals surface area contributed by atoms with Crippen molar-refractivity contribution in [3.05, 3.63) is 29.3 Å². The number of benzene rings is 1. The van der Waals surface area contributed by atoms with Crippen LogP contribution in [0.1, 0.15) is 25.0 Å². The van der Waals surface area contributed by atoms with Crippen LogP contribution in [0.2, 0.25) is 0 Å². The zero-order chi connectivity index (χ0) is 10.2. The third-order valence-corrected chi connectivity index (χ3v) is 2.92. The van der Waals surface area contributed by atoms with Gasteiger partial charge in [-0.3, -0.25) is 0 Å². The lowest BCUT2D eigenvalue weighted by atomic mass is 9.84. The van der Waals surface area contributed by atoms with Gasteiger partial charge in [-0.15, -0.1) is 0 Å². The number of hydrogen-bond acceptors (Lipinski definition) is 2. The van der Waals surface area contributed by atoms with Gasteiger partial charge >= 0.3 is 0 Å². The molecule has 0 bridgehead atoms. The van der Waals surface area contributed by atoms with Gasteiger partial charge in [0.05, 0.1) is 7.11 Å². The minimum Gasteiger partial charge on any atom is -0.496 e. The Labute approximate surface area is 85.3 Å². The van der Waals surface area contributed by atoms with Crippen LogP contribution >= 0.6 is 0 Å². The minimum atomic E-state index is 0.0280. The largest absolute Gasteiger partial charge is 0.496 e. The van der Waals surface area contributed by atoms with Crippen LogP contribution in [-0.2, 0) is 12.0 Å². The van der Waals surface area contributed by atoms with Crippen LogP contribution in [0, 0.1) is 0 Å². The molecule has 14 heavy (non-hydrogen) atoms. The Morgan fingerprint density at radius 1 is 1.36 bits per heavy atom. The van der Waals surface area contributed by atoms with Crippen LogP contribution in [0.3, 0.4) is 0 Å². The highest BCUT2D eigenvalue weighted by atomic mass is 16.5. The Morgan fingerprint density at radius 2 is 2.14 bits per heavy atom. The van der Waals surface area contributed by atoms with Crippen molar-refractivity contribution in [2.24, 2.45) is 0 Å². The molecule has 1 aliphatic heterocycles. The molecule has 1 aromatic carbocycles. The zero-order valence-corrected chi connectivity index (χ0v) is 9.05. The summed E-state index contributed by atoms with van der Waals surface area (Å²) in [7, 11) is 1.74. The SMILES string of the molecule is COc1cccc2c1C(C)(C)NCC2. The molecule has 0 amide bonds. The standard InChI is InChI=1S/C12H17NO/c1-12(2)11-9(7-8-13-12)5-4-6-10(11)14-3/h4-6,13H,7-8H2,1-3H3. The smallest absolute Gasteiger partial charge is 0.124 e. The molecule has 0 saturated heterocycles. The number of nitrogens with one attached hydrogen (secondary N) is 1. The van der Waals surface area contributed by atoms with E-state index in [0.717, 1.165) is 18.7 Å². The minimum absolute atomic E-state index is 0.0280. The first-order valence-electron chi connectivity index (χ1n) is 5.06. The molecule has 0 unspecified atom stereocenters. The molecule has 1 aliphatic rings. The zero-order valence-electron chi connectivity index (χ0n) is 9.05. The van der Waals surface area contributed by atoms with Crippen LogP contribution in [0.4, 0.5) is 0 Å². The molecule has 0 spiro atoms. The lowest BCUT2D eigenvalue weighted by Gasteiger charge is -2.35. The van der Waals surface area contributed by atoms with Crippen molar-refractivity contribution in [3.63, 3.8) is 0 Å².